The van der Waals surface area contributed by atoms with Gasteiger partial charge in [-0.1, -0.05) is 30.3 Å². The quantitative estimate of drug-likeness (QED) is 0.751. The minimum atomic E-state index is 0.901. The van der Waals surface area contributed by atoms with Gasteiger partial charge in [-0.3, -0.25) is 0 Å². The minimum absolute atomic E-state index is 0.901. The third-order valence-electron chi connectivity index (χ3n) is 2.94. The number of aromatic nitrogens is 2. The molecule has 0 saturated carbocycles. The second kappa shape index (κ2) is 4.78. The number of imidazole rings is 1. The van der Waals surface area contributed by atoms with Crippen LogP contribution in [0.5, 0.6) is 0 Å². The van der Waals surface area contributed by atoms with Crippen LogP contribution in [0.3, 0.4) is 0 Å². The van der Waals surface area contributed by atoms with Crippen LogP contribution >= 0.6 is 11.3 Å². The number of rotatable bonds is 3. The molecule has 1 N–H and O–H groups in total. The Morgan fingerprint density at radius 2 is 2.00 bits per heavy atom. The van der Waals surface area contributed by atoms with E-state index in [0.29, 0.717) is 0 Å². The van der Waals surface area contributed by atoms with Gasteiger partial charge in [0.25, 0.3) is 0 Å². The van der Waals surface area contributed by atoms with E-state index in [-0.39, 0.29) is 0 Å². The van der Waals surface area contributed by atoms with E-state index in [1.807, 2.05) is 12.3 Å². The maximum absolute atomic E-state index is 4.47. The van der Waals surface area contributed by atoms with Gasteiger partial charge in [0.2, 0.25) is 0 Å². The fraction of sp³-hybridized carbons (Fsp3) is 0.133. The minimum Gasteiger partial charge on any atom is -0.341 e. The van der Waals surface area contributed by atoms with Crippen molar-refractivity contribution in [1.29, 1.82) is 0 Å². The van der Waals surface area contributed by atoms with Gasteiger partial charge >= 0.3 is 0 Å². The number of aromatic amines is 1. The fourth-order valence-corrected chi connectivity index (χ4v) is 2.87. The molecule has 2 heterocycles. The second-order valence-corrected chi connectivity index (χ2v) is 5.27. The third kappa shape index (κ3) is 2.22. The summed E-state index contributed by atoms with van der Waals surface area (Å²) in [5.74, 6) is 0.980. The molecule has 90 valence electrons. The molecule has 0 unspecified atom stereocenters. The van der Waals surface area contributed by atoms with E-state index in [4.69, 9.17) is 0 Å². The molecular weight excluding hydrogens is 240 g/mol. The summed E-state index contributed by atoms with van der Waals surface area (Å²) in [6.45, 7) is 2.12. The van der Waals surface area contributed by atoms with Gasteiger partial charge in [0.1, 0.15) is 5.82 Å². The molecule has 0 saturated heterocycles. The molecule has 0 bridgehead atoms. The average Bonchev–Trinajstić information content (AvgIpc) is 2.99. The number of thiophene rings is 1. The van der Waals surface area contributed by atoms with E-state index in [9.17, 15) is 0 Å². The zero-order chi connectivity index (χ0) is 12.4. The lowest BCUT2D eigenvalue weighted by Crippen LogP contribution is -1.87. The van der Waals surface area contributed by atoms with Crippen LogP contribution in [0.25, 0.3) is 10.7 Å². The lowest BCUT2D eigenvalue weighted by molar-refractivity contribution is 1.11. The van der Waals surface area contributed by atoms with Gasteiger partial charge in [0.15, 0.2) is 0 Å². The molecule has 0 aliphatic heterocycles. The number of hydrogen-bond acceptors (Lipinski definition) is 2. The first-order chi connectivity index (χ1) is 8.83. The maximum atomic E-state index is 4.47. The van der Waals surface area contributed by atoms with Crippen LogP contribution in [0.1, 0.15) is 16.8 Å². The van der Waals surface area contributed by atoms with Crippen molar-refractivity contribution in [2.75, 3.05) is 0 Å². The van der Waals surface area contributed by atoms with Crippen molar-refractivity contribution in [2.45, 2.75) is 13.3 Å². The van der Waals surface area contributed by atoms with Crippen LogP contribution in [0, 0.1) is 6.92 Å². The Morgan fingerprint density at radius 3 is 2.72 bits per heavy atom. The van der Waals surface area contributed by atoms with Gasteiger partial charge in [0.05, 0.1) is 4.88 Å². The summed E-state index contributed by atoms with van der Waals surface area (Å²) in [6.07, 6.45) is 2.83. The molecular formula is C15H14N2S. The monoisotopic (exact) mass is 254 g/mol. The van der Waals surface area contributed by atoms with Crippen molar-refractivity contribution < 1.29 is 0 Å². The lowest BCUT2D eigenvalue weighted by atomic mass is 10.1. The molecule has 2 aromatic heterocycles. The van der Waals surface area contributed by atoms with Gasteiger partial charge in [0, 0.05) is 18.3 Å². The number of hydrogen-bond donors (Lipinski definition) is 1. The molecule has 0 fully saturated rings. The van der Waals surface area contributed by atoms with Gasteiger partial charge < -0.3 is 4.98 Å². The molecule has 0 spiro atoms. The first kappa shape index (κ1) is 11.2. The molecule has 18 heavy (non-hydrogen) atoms. The van der Waals surface area contributed by atoms with Gasteiger partial charge in [-0.25, -0.2) is 4.98 Å². The number of nitrogens with one attached hydrogen (secondary N) is 1. The molecule has 3 aromatic rings. The lowest BCUT2D eigenvalue weighted by Gasteiger charge is -1.98. The topological polar surface area (TPSA) is 28.7 Å². The summed E-state index contributed by atoms with van der Waals surface area (Å²) in [4.78, 5) is 9.11. The molecule has 0 atom stereocenters. The van der Waals surface area contributed by atoms with Gasteiger partial charge in [-0.15, -0.1) is 11.3 Å². The van der Waals surface area contributed by atoms with Gasteiger partial charge in [-0.05, 0) is 29.5 Å². The highest BCUT2D eigenvalue weighted by Crippen LogP contribution is 2.26. The van der Waals surface area contributed by atoms with Crippen LogP contribution in [0.4, 0.5) is 0 Å². The SMILES string of the molecule is Cc1ccsc1-c1ncc(Cc2ccccc2)[nH]1. The fourth-order valence-electron chi connectivity index (χ4n) is 2.00. The molecule has 3 heteroatoms. The Labute approximate surface area is 110 Å². The van der Waals surface area contributed by atoms with Crippen molar-refractivity contribution in [2.24, 2.45) is 0 Å². The Hall–Kier alpha value is -1.87. The van der Waals surface area contributed by atoms with Crippen LogP contribution in [0.2, 0.25) is 0 Å². The molecule has 0 aliphatic rings. The van der Waals surface area contributed by atoms with Crippen LogP contribution in [0.15, 0.2) is 48.0 Å². The maximum Gasteiger partial charge on any atom is 0.147 e. The van der Waals surface area contributed by atoms with E-state index in [2.05, 4.69) is 52.6 Å². The zero-order valence-corrected chi connectivity index (χ0v) is 11.0. The Kier molecular flexibility index (Phi) is 2.99. The number of aryl methyl sites for hydroxylation is 1. The predicted octanol–water partition coefficient (Wildman–Crippen LogP) is 4.04. The highest BCUT2D eigenvalue weighted by atomic mass is 32.1. The van der Waals surface area contributed by atoms with Crippen molar-refractivity contribution in [3.63, 3.8) is 0 Å². The van der Waals surface area contributed by atoms with Crippen molar-refractivity contribution in [3.05, 3.63) is 64.8 Å². The summed E-state index contributed by atoms with van der Waals surface area (Å²) in [7, 11) is 0. The summed E-state index contributed by atoms with van der Waals surface area (Å²) in [6, 6.07) is 12.6. The summed E-state index contributed by atoms with van der Waals surface area (Å²) in [5.41, 5.74) is 3.74. The summed E-state index contributed by atoms with van der Waals surface area (Å²) >= 11 is 1.73. The third-order valence-corrected chi connectivity index (χ3v) is 3.97. The zero-order valence-electron chi connectivity index (χ0n) is 10.2. The van der Waals surface area contributed by atoms with Crippen LogP contribution in [-0.4, -0.2) is 9.97 Å². The highest BCUT2D eigenvalue weighted by Gasteiger charge is 2.07. The van der Waals surface area contributed by atoms with E-state index < -0.39 is 0 Å². The highest BCUT2D eigenvalue weighted by molar-refractivity contribution is 7.13. The number of benzene rings is 1. The number of H-pyrrole nitrogens is 1. The van der Waals surface area contributed by atoms with Gasteiger partial charge in [-0.2, -0.15) is 0 Å². The van der Waals surface area contributed by atoms with E-state index in [1.54, 1.807) is 11.3 Å². The molecule has 0 amide bonds. The number of nitrogens with zero attached hydrogens (tertiary/aromatic N) is 1. The molecule has 0 radical (unpaired) electrons. The first-order valence-electron chi connectivity index (χ1n) is 5.95. The van der Waals surface area contributed by atoms with E-state index in [1.165, 1.54) is 16.0 Å². The summed E-state index contributed by atoms with van der Waals surface area (Å²) in [5, 5.41) is 2.10. The van der Waals surface area contributed by atoms with Crippen molar-refractivity contribution in [1.82, 2.24) is 9.97 Å². The largest absolute Gasteiger partial charge is 0.341 e. The molecule has 1 aromatic carbocycles. The smallest absolute Gasteiger partial charge is 0.147 e. The first-order valence-corrected chi connectivity index (χ1v) is 6.83. The average molecular weight is 254 g/mol. The van der Waals surface area contributed by atoms with Crippen LogP contribution < -0.4 is 0 Å². The molecule has 2 nitrogen and oxygen atoms in total. The second-order valence-electron chi connectivity index (χ2n) is 4.35. The summed E-state index contributed by atoms with van der Waals surface area (Å²) < 4.78 is 0. The van der Waals surface area contributed by atoms with Crippen molar-refractivity contribution >= 4 is 11.3 Å². The molecule has 3 rings (SSSR count). The predicted molar refractivity (Wildman–Crippen MR) is 75.9 cm³/mol. The normalized spacial score (nSPS) is 10.7. The Balaban J connectivity index is 1.84. The Morgan fingerprint density at radius 1 is 1.17 bits per heavy atom. The van der Waals surface area contributed by atoms with E-state index in [0.717, 1.165) is 17.9 Å². The van der Waals surface area contributed by atoms with E-state index >= 15 is 0 Å². The van der Waals surface area contributed by atoms with Crippen molar-refractivity contribution in [3.8, 4) is 10.7 Å². The molecule has 0 aliphatic carbocycles. The Bertz CT molecular complexity index is 637. The standard InChI is InChI=1S/C15H14N2S/c1-11-7-8-18-14(11)15-16-10-13(17-15)9-12-5-3-2-4-6-12/h2-8,10H,9H2,1H3,(H,16,17). The van der Waals surface area contributed by atoms with Crippen LogP contribution in [-0.2, 0) is 6.42 Å².